The van der Waals surface area contributed by atoms with Gasteiger partial charge in [0, 0.05) is 28.6 Å². The molecule has 0 aliphatic heterocycles. The highest BCUT2D eigenvalue weighted by Gasteiger charge is 2.09. The summed E-state index contributed by atoms with van der Waals surface area (Å²) >= 11 is 0. The number of amides is 2. The van der Waals surface area contributed by atoms with Crippen molar-refractivity contribution in [3.8, 4) is 5.75 Å². The van der Waals surface area contributed by atoms with Gasteiger partial charge in [0.15, 0.2) is 0 Å². The average Bonchev–Trinajstić information content (AvgIpc) is 3.30. The lowest BCUT2D eigenvalue weighted by molar-refractivity contribution is 0.262. The largest absolute Gasteiger partial charge is 0.506 e. The highest BCUT2D eigenvalue weighted by atomic mass is 16.3. The van der Waals surface area contributed by atoms with E-state index in [4.69, 9.17) is 0 Å². The number of aromatic amines is 1. The fourth-order valence-electron chi connectivity index (χ4n) is 3.30. The van der Waals surface area contributed by atoms with E-state index < -0.39 is 6.03 Å². The van der Waals surface area contributed by atoms with Gasteiger partial charge in [-0.1, -0.05) is 18.2 Å². The van der Waals surface area contributed by atoms with Crippen molar-refractivity contribution in [3.63, 3.8) is 0 Å². The number of H-pyrrole nitrogens is 1. The highest BCUT2D eigenvalue weighted by molar-refractivity contribution is 6.01. The molecule has 3 aromatic carbocycles. The van der Waals surface area contributed by atoms with E-state index in [-0.39, 0.29) is 11.4 Å². The molecule has 0 aliphatic rings. The number of benzene rings is 3. The summed E-state index contributed by atoms with van der Waals surface area (Å²) in [7, 11) is 0. The first kappa shape index (κ1) is 20.8. The summed E-state index contributed by atoms with van der Waals surface area (Å²) in [6.07, 6.45) is 3.39. The summed E-state index contributed by atoms with van der Waals surface area (Å²) in [6.45, 7) is 0. The van der Waals surface area contributed by atoms with E-state index in [0.717, 1.165) is 16.6 Å². The normalized spacial score (nSPS) is 10.6. The molecular weight excluding hydrogens is 432 g/mol. The third-order valence-corrected chi connectivity index (χ3v) is 4.90. The molecule has 2 aromatic heterocycles. The van der Waals surface area contributed by atoms with Crippen LogP contribution in [0.15, 0.2) is 85.2 Å². The fraction of sp³-hybridized carbons (Fsp3) is 0. The summed E-state index contributed by atoms with van der Waals surface area (Å²) in [5.74, 6) is 0.869. The van der Waals surface area contributed by atoms with E-state index in [0.29, 0.717) is 23.1 Å². The molecule has 0 bridgehead atoms. The van der Waals surface area contributed by atoms with Crippen LogP contribution in [0, 0.1) is 0 Å². The molecule has 2 amide bonds. The molecule has 0 fully saturated rings. The van der Waals surface area contributed by atoms with Crippen LogP contribution in [0.2, 0.25) is 0 Å². The van der Waals surface area contributed by atoms with Crippen LogP contribution in [-0.2, 0) is 0 Å². The van der Waals surface area contributed by atoms with E-state index >= 15 is 0 Å². The number of aromatic nitrogens is 4. The monoisotopic (exact) mass is 452 g/mol. The highest BCUT2D eigenvalue weighted by Crippen LogP contribution is 2.28. The van der Waals surface area contributed by atoms with Gasteiger partial charge in [0.1, 0.15) is 11.6 Å². The van der Waals surface area contributed by atoms with Crippen LogP contribution in [0.5, 0.6) is 5.75 Å². The molecule has 6 N–H and O–H groups in total. The van der Waals surface area contributed by atoms with Gasteiger partial charge in [-0.2, -0.15) is 10.1 Å². The fourth-order valence-corrected chi connectivity index (χ4v) is 3.30. The molecule has 0 atom stereocenters. The SMILES string of the molecule is O=C(Nc1ccccc1)Nc1cc(Nc2nccc(Nc3ccc4cn[nH]c4c3)n2)ccc1O. The first-order valence-electron chi connectivity index (χ1n) is 10.4. The molecule has 0 unspecified atom stereocenters. The lowest BCUT2D eigenvalue weighted by Gasteiger charge is -2.12. The van der Waals surface area contributed by atoms with Crippen molar-refractivity contribution in [2.24, 2.45) is 0 Å². The van der Waals surface area contributed by atoms with Gasteiger partial charge in [0.05, 0.1) is 17.4 Å². The quantitative estimate of drug-likeness (QED) is 0.154. The molecule has 0 saturated carbocycles. The minimum Gasteiger partial charge on any atom is -0.506 e. The van der Waals surface area contributed by atoms with Gasteiger partial charge in [-0.3, -0.25) is 5.10 Å². The molecule has 0 saturated heterocycles. The number of hydrogen-bond acceptors (Lipinski definition) is 7. The zero-order valence-corrected chi connectivity index (χ0v) is 17.8. The topological polar surface area (TPSA) is 140 Å². The molecule has 0 radical (unpaired) electrons. The number of para-hydroxylation sites is 1. The number of phenolic OH excluding ortho intramolecular Hbond substituents is 1. The van der Waals surface area contributed by atoms with Crippen molar-refractivity contribution >= 4 is 51.4 Å². The Labute approximate surface area is 194 Å². The molecule has 10 nitrogen and oxygen atoms in total. The van der Waals surface area contributed by atoms with Crippen LogP contribution in [0.3, 0.4) is 0 Å². The van der Waals surface area contributed by atoms with Crippen molar-refractivity contribution in [2.75, 3.05) is 21.3 Å². The molecular formula is C24H20N8O2. The standard InChI is InChI=1S/C24H20N8O2/c33-21-9-8-18(13-20(21)30-24(34)29-16-4-2-1-3-5-16)28-23-25-11-10-22(31-23)27-17-7-6-15-14-26-32-19(15)12-17/h1-14,33H,(H,26,32)(H2,29,30,34)(H2,25,27,28,31). The molecule has 10 heteroatoms. The van der Waals surface area contributed by atoms with E-state index in [1.807, 2.05) is 36.4 Å². The number of rotatable bonds is 6. The molecule has 0 spiro atoms. The van der Waals surface area contributed by atoms with E-state index in [1.165, 1.54) is 6.07 Å². The Morgan fingerprint density at radius 2 is 1.68 bits per heavy atom. The molecule has 5 rings (SSSR count). The number of nitrogens with one attached hydrogen (secondary N) is 5. The van der Waals surface area contributed by atoms with Gasteiger partial charge in [0.25, 0.3) is 0 Å². The molecule has 5 aromatic rings. The van der Waals surface area contributed by atoms with Gasteiger partial charge < -0.3 is 26.4 Å². The number of anilines is 6. The average molecular weight is 452 g/mol. The van der Waals surface area contributed by atoms with Crippen molar-refractivity contribution in [3.05, 3.63) is 85.2 Å². The number of carbonyl (C=O) groups is 1. The number of urea groups is 1. The number of aromatic hydroxyl groups is 1. The zero-order chi connectivity index (χ0) is 23.3. The van der Waals surface area contributed by atoms with E-state index in [1.54, 1.807) is 42.7 Å². The third kappa shape index (κ3) is 4.86. The zero-order valence-electron chi connectivity index (χ0n) is 17.8. The first-order valence-corrected chi connectivity index (χ1v) is 10.4. The predicted molar refractivity (Wildman–Crippen MR) is 132 cm³/mol. The summed E-state index contributed by atoms with van der Waals surface area (Å²) in [4.78, 5) is 21.0. The molecule has 168 valence electrons. The second-order valence-corrected chi connectivity index (χ2v) is 7.36. The van der Waals surface area contributed by atoms with E-state index in [9.17, 15) is 9.90 Å². The maximum Gasteiger partial charge on any atom is 0.323 e. The molecule has 2 heterocycles. The Bertz CT molecular complexity index is 1450. The van der Waals surface area contributed by atoms with Gasteiger partial charge >= 0.3 is 6.03 Å². The van der Waals surface area contributed by atoms with Gasteiger partial charge in [0.2, 0.25) is 5.95 Å². The Morgan fingerprint density at radius 1 is 0.853 bits per heavy atom. The van der Waals surface area contributed by atoms with Gasteiger partial charge in [-0.25, -0.2) is 9.78 Å². The van der Waals surface area contributed by atoms with Crippen molar-refractivity contribution in [2.45, 2.75) is 0 Å². The lowest BCUT2D eigenvalue weighted by Crippen LogP contribution is -2.19. The summed E-state index contributed by atoms with van der Waals surface area (Å²) < 4.78 is 0. The number of carbonyl (C=O) groups excluding carboxylic acids is 1. The Morgan fingerprint density at radius 3 is 2.56 bits per heavy atom. The number of fused-ring (bicyclic) bond motifs is 1. The first-order chi connectivity index (χ1) is 16.6. The van der Waals surface area contributed by atoms with Crippen molar-refractivity contribution in [1.82, 2.24) is 20.2 Å². The Kier molecular flexibility index (Phi) is 5.60. The summed E-state index contributed by atoms with van der Waals surface area (Å²) in [6, 6.07) is 20.9. The minimum atomic E-state index is -0.477. The maximum absolute atomic E-state index is 12.3. The maximum atomic E-state index is 12.3. The van der Waals surface area contributed by atoms with Crippen LogP contribution in [0.1, 0.15) is 0 Å². The van der Waals surface area contributed by atoms with Gasteiger partial charge in [-0.05, 0) is 54.6 Å². The van der Waals surface area contributed by atoms with Crippen LogP contribution in [-0.4, -0.2) is 31.3 Å². The van der Waals surface area contributed by atoms with Crippen LogP contribution >= 0.6 is 0 Å². The molecule has 34 heavy (non-hydrogen) atoms. The van der Waals surface area contributed by atoms with E-state index in [2.05, 4.69) is 41.4 Å². The summed E-state index contributed by atoms with van der Waals surface area (Å²) in [5, 5.41) is 29.8. The van der Waals surface area contributed by atoms with Gasteiger partial charge in [-0.15, -0.1) is 0 Å². The lowest BCUT2D eigenvalue weighted by atomic mass is 10.2. The molecule has 0 aliphatic carbocycles. The third-order valence-electron chi connectivity index (χ3n) is 4.90. The second-order valence-electron chi connectivity index (χ2n) is 7.36. The predicted octanol–water partition coefficient (Wildman–Crippen LogP) is 5.19. The number of phenols is 1. The minimum absolute atomic E-state index is 0.0701. The smallest absolute Gasteiger partial charge is 0.323 e. The number of hydrogen-bond donors (Lipinski definition) is 6. The summed E-state index contributed by atoms with van der Waals surface area (Å²) in [5.41, 5.74) is 3.22. The second kappa shape index (κ2) is 9.17. The van der Waals surface area contributed by atoms with Crippen LogP contribution in [0.4, 0.5) is 39.3 Å². The van der Waals surface area contributed by atoms with Crippen LogP contribution < -0.4 is 21.3 Å². The van der Waals surface area contributed by atoms with Crippen LogP contribution in [0.25, 0.3) is 10.9 Å². The van der Waals surface area contributed by atoms with Crippen molar-refractivity contribution < 1.29 is 9.90 Å². The Hall–Kier alpha value is -5.12. The number of nitrogens with zero attached hydrogens (tertiary/aromatic N) is 3. The Balaban J connectivity index is 1.28. The van der Waals surface area contributed by atoms with Crippen molar-refractivity contribution in [1.29, 1.82) is 0 Å².